The van der Waals surface area contributed by atoms with Crippen LogP contribution in [0.1, 0.15) is 42.0 Å². The fraction of sp³-hybridized carbons (Fsp3) is 0.667. The van der Waals surface area contributed by atoms with Crippen LogP contribution in [0.15, 0.2) is 6.20 Å². The van der Waals surface area contributed by atoms with Gasteiger partial charge in [0.2, 0.25) is 5.91 Å². The first-order valence-electron chi connectivity index (χ1n) is 7.80. The first-order valence-corrected chi connectivity index (χ1v) is 8.62. The molecule has 1 aromatic heterocycles. The van der Waals surface area contributed by atoms with Gasteiger partial charge in [-0.25, -0.2) is 10.5 Å². The number of carbonyl (C=O) groups is 2. The lowest BCUT2D eigenvalue weighted by Gasteiger charge is -2.29. The van der Waals surface area contributed by atoms with Crippen molar-refractivity contribution in [1.82, 2.24) is 15.4 Å². The normalized spacial score (nSPS) is 16.7. The first-order chi connectivity index (χ1) is 11.0. The zero-order valence-electron chi connectivity index (χ0n) is 13.5. The maximum Gasteiger partial charge on any atom is 0.266 e. The fourth-order valence-corrected chi connectivity index (χ4v) is 3.83. The number of thiazole rings is 1. The Labute approximate surface area is 139 Å². The summed E-state index contributed by atoms with van der Waals surface area (Å²) in [6.45, 7) is 2.45. The summed E-state index contributed by atoms with van der Waals surface area (Å²) in [6.07, 6.45) is 5.27. The number of rotatable bonds is 8. The minimum Gasteiger partial charge on any atom is -0.333 e. The number of aryl methyl sites for hydroxylation is 1. The summed E-state index contributed by atoms with van der Waals surface area (Å²) in [4.78, 5) is 31.5. The summed E-state index contributed by atoms with van der Waals surface area (Å²) in [5.41, 5.74) is 6.61. The zero-order valence-corrected chi connectivity index (χ0v) is 14.4. The molecule has 0 aliphatic heterocycles. The van der Waals surface area contributed by atoms with E-state index in [-0.39, 0.29) is 5.91 Å². The minimum absolute atomic E-state index is 0.0810. The number of hydroxylamine groups is 1. The number of hydrogen-bond donors (Lipinski definition) is 3. The number of likely N-dealkylation sites (N-methyl/N-ethyl adjacent to an activating group) is 1. The summed E-state index contributed by atoms with van der Waals surface area (Å²) >= 11 is 1.53. The highest BCUT2D eigenvalue weighted by Crippen LogP contribution is 2.51. The quantitative estimate of drug-likeness (QED) is 0.371. The molecule has 2 amide bonds. The standard InChI is InChI=1S/C15H24N4O3S/c1-10-17-9-12(23-10)15(6-7-15)14(21)19(2)11(13(20)18-22)5-3-4-8-16/h9,11,22H,3-8,16H2,1-2H3,(H,18,20)/t11-/m1/s1. The van der Waals surface area contributed by atoms with Gasteiger partial charge in [0, 0.05) is 18.1 Å². The van der Waals surface area contributed by atoms with Gasteiger partial charge in [-0.1, -0.05) is 0 Å². The SMILES string of the molecule is Cc1ncc(C2(C(=O)N(C)[C@H](CCCCN)C(=O)NO)CC2)s1. The van der Waals surface area contributed by atoms with Crippen molar-refractivity contribution < 1.29 is 14.8 Å². The van der Waals surface area contributed by atoms with Crippen LogP contribution in [0.5, 0.6) is 0 Å². The molecule has 1 aliphatic rings. The van der Waals surface area contributed by atoms with Crippen molar-refractivity contribution in [3.63, 3.8) is 0 Å². The number of nitrogens with two attached hydrogens (primary N) is 1. The average molecular weight is 340 g/mol. The van der Waals surface area contributed by atoms with Crippen LogP contribution in [0.3, 0.4) is 0 Å². The first kappa shape index (κ1) is 17.8. The summed E-state index contributed by atoms with van der Waals surface area (Å²) in [5.74, 6) is -0.642. The zero-order chi connectivity index (χ0) is 17.0. The van der Waals surface area contributed by atoms with E-state index in [1.807, 2.05) is 6.92 Å². The third-order valence-corrected chi connectivity index (χ3v) is 5.50. The van der Waals surface area contributed by atoms with Crippen molar-refractivity contribution in [2.75, 3.05) is 13.6 Å². The summed E-state index contributed by atoms with van der Waals surface area (Å²) < 4.78 is 0. The van der Waals surface area contributed by atoms with E-state index in [2.05, 4.69) is 4.98 Å². The second-order valence-electron chi connectivity index (χ2n) is 6.02. The third kappa shape index (κ3) is 3.70. The highest BCUT2D eigenvalue weighted by atomic mass is 32.1. The molecule has 1 aromatic rings. The highest BCUT2D eigenvalue weighted by molar-refractivity contribution is 7.11. The smallest absolute Gasteiger partial charge is 0.266 e. The van der Waals surface area contributed by atoms with E-state index in [0.717, 1.165) is 35.6 Å². The molecule has 4 N–H and O–H groups in total. The van der Waals surface area contributed by atoms with Crippen molar-refractivity contribution in [3.05, 3.63) is 16.1 Å². The number of amides is 2. The van der Waals surface area contributed by atoms with Crippen LogP contribution in [0, 0.1) is 6.92 Å². The van der Waals surface area contributed by atoms with Gasteiger partial charge in [0.15, 0.2) is 0 Å². The highest BCUT2D eigenvalue weighted by Gasteiger charge is 2.54. The van der Waals surface area contributed by atoms with Crippen LogP contribution in [0.25, 0.3) is 0 Å². The van der Waals surface area contributed by atoms with Crippen molar-refractivity contribution in [2.24, 2.45) is 5.73 Å². The average Bonchev–Trinajstić information content (AvgIpc) is 3.25. The Morgan fingerprint density at radius 3 is 2.70 bits per heavy atom. The maximum absolute atomic E-state index is 12.9. The monoisotopic (exact) mass is 340 g/mol. The molecule has 0 unspecified atom stereocenters. The van der Waals surface area contributed by atoms with Crippen molar-refractivity contribution in [2.45, 2.75) is 50.5 Å². The molecule has 1 aliphatic carbocycles. The number of hydrogen-bond acceptors (Lipinski definition) is 6. The molecule has 8 heteroatoms. The van der Waals surface area contributed by atoms with Gasteiger partial charge >= 0.3 is 0 Å². The number of unbranched alkanes of at least 4 members (excludes halogenated alkanes) is 1. The molecule has 0 radical (unpaired) electrons. The fourth-order valence-electron chi connectivity index (χ4n) is 2.81. The van der Waals surface area contributed by atoms with E-state index in [1.165, 1.54) is 16.2 Å². The van der Waals surface area contributed by atoms with Gasteiger partial charge in [-0.05, 0) is 45.6 Å². The lowest BCUT2D eigenvalue weighted by molar-refractivity contribution is -0.144. The summed E-state index contributed by atoms with van der Waals surface area (Å²) in [7, 11) is 1.62. The molecule has 1 heterocycles. The number of carbonyl (C=O) groups excluding carboxylic acids is 2. The molecule has 0 saturated heterocycles. The van der Waals surface area contributed by atoms with Crippen LogP contribution in [0.4, 0.5) is 0 Å². The van der Waals surface area contributed by atoms with E-state index in [1.54, 1.807) is 18.7 Å². The number of aromatic nitrogens is 1. The second-order valence-corrected chi connectivity index (χ2v) is 7.25. The largest absolute Gasteiger partial charge is 0.333 e. The number of nitrogens with one attached hydrogen (secondary N) is 1. The Hall–Kier alpha value is -1.51. The maximum atomic E-state index is 12.9. The van der Waals surface area contributed by atoms with Crippen molar-refractivity contribution in [3.8, 4) is 0 Å². The Kier molecular flexibility index (Phi) is 5.72. The molecular weight excluding hydrogens is 316 g/mol. The van der Waals surface area contributed by atoms with Crippen LogP contribution < -0.4 is 11.2 Å². The van der Waals surface area contributed by atoms with Crippen molar-refractivity contribution in [1.29, 1.82) is 0 Å². The lowest BCUT2D eigenvalue weighted by atomic mass is 10.0. The molecule has 1 fully saturated rings. The van der Waals surface area contributed by atoms with Gasteiger partial charge in [0.25, 0.3) is 5.91 Å². The second kappa shape index (κ2) is 7.37. The van der Waals surface area contributed by atoms with E-state index in [0.29, 0.717) is 13.0 Å². The molecule has 0 bridgehead atoms. The molecule has 0 aromatic carbocycles. The minimum atomic E-state index is -0.689. The van der Waals surface area contributed by atoms with E-state index in [9.17, 15) is 9.59 Å². The van der Waals surface area contributed by atoms with Gasteiger partial charge in [-0.3, -0.25) is 14.8 Å². The van der Waals surface area contributed by atoms with Crippen LogP contribution in [-0.2, 0) is 15.0 Å². The molecule has 2 rings (SSSR count). The molecule has 23 heavy (non-hydrogen) atoms. The predicted octanol–water partition coefficient (Wildman–Crippen LogP) is 0.945. The molecular formula is C15H24N4O3S. The Bertz CT molecular complexity index is 571. The number of nitrogens with zero attached hydrogens (tertiary/aromatic N) is 2. The van der Waals surface area contributed by atoms with Gasteiger partial charge in [-0.15, -0.1) is 11.3 Å². The topological polar surface area (TPSA) is 109 Å². The van der Waals surface area contributed by atoms with Gasteiger partial charge in [0.1, 0.15) is 6.04 Å². The third-order valence-electron chi connectivity index (χ3n) is 4.38. The van der Waals surface area contributed by atoms with Gasteiger partial charge in [0.05, 0.1) is 10.4 Å². The predicted molar refractivity (Wildman–Crippen MR) is 87.2 cm³/mol. The Balaban J connectivity index is 2.13. The van der Waals surface area contributed by atoms with Gasteiger partial charge in [-0.2, -0.15) is 0 Å². The summed E-state index contributed by atoms with van der Waals surface area (Å²) in [6, 6.07) is -0.689. The van der Waals surface area contributed by atoms with Crippen LogP contribution in [0.2, 0.25) is 0 Å². The van der Waals surface area contributed by atoms with E-state index in [4.69, 9.17) is 10.9 Å². The molecule has 7 nitrogen and oxygen atoms in total. The Morgan fingerprint density at radius 2 is 2.22 bits per heavy atom. The van der Waals surface area contributed by atoms with Gasteiger partial charge < -0.3 is 10.6 Å². The molecule has 128 valence electrons. The van der Waals surface area contributed by atoms with Crippen LogP contribution >= 0.6 is 11.3 Å². The lowest BCUT2D eigenvalue weighted by Crippen LogP contribution is -2.50. The van der Waals surface area contributed by atoms with Crippen LogP contribution in [-0.4, -0.2) is 46.5 Å². The van der Waals surface area contributed by atoms with E-state index < -0.39 is 17.4 Å². The molecule has 1 atom stereocenters. The van der Waals surface area contributed by atoms with Crippen molar-refractivity contribution >= 4 is 23.2 Å². The summed E-state index contributed by atoms with van der Waals surface area (Å²) in [5, 5.41) is 9.89. The molecule has 0 spiro atoms. The Morgan fingerprint density at radius 1 is 1.52 bits per heavy atom. The molecule has 1 saturated carbocycles. The van der Waals surface area contributed by atoms with E-state index >= 15 is 0 Å².